The summed E-state index contributed by atoms with van der Waals surface area (Å²) in [5.41, 5.74) is 1.33. The predicted octanol–water partition coefficient (Wildman–Crippen LogP) is -1.09. The van der Waals surface area contributed by atoms with Crippen LogP contribution in [-0.2, 0) is 14.2 Å². The Morgan fingerprint density at radius 1 is 0.730 bits per heavy atom. The average molecular weight is 523 g/mol. The van der Waals surface area contributed by atoms with Crippen molar-refractivity contribution in [3.8, 4) is 17.2 Å². The van der Waals surface area contributed by atoms with Crippen LogP contribution in [0.25, 0.3) is 12.2 Å². The number of ether oxygens (including phenoxy) is 4. The molecule has 12 heteroatoms. The van der Waals surface area contributed by atoms with Gasteiger partial charge in [0.1, 0.15) is 60.0 Å². The van der Waals surface area contributed by atoms with Crippen LogP contribution < -0.4 is 4.74 Å². The molecule has 2 aromatic rings. The number of hydrogen-bond donors (Lipinski definition) is 8. The van der Waals surface area contributed by atoms with E-state index < -0.39 is 61.9 Å². The summed E-state index contributed by atoms with van der Waals surface area (Å²) in [6.07, 6.45) is -9.85. The molecule has 8 N–H and O–H groups in total. The molecule has 12 nitrogen and oxygen atoms in total. The molecule has 2 saturated heterocycles. The number of aliphatic hydroxyl groups is 6. The Hall–Kier alpha value is -2.78. The van der Waals surface area contributed by atoms with Gasteiger partial charge in [-0.2, -0.15) is 0 Å². The van der Waals surface area contributed by atoms with E-state index in [1.807, 2.05) is 0 Å². The number of phenols is 2. The highest BCUT2D eigenvalue weighted by molar-refractivity contribution is 5.71. The van der Waals surface area contributed by atoms with Gasteiger partial charge in [0.2, 0.25) is 6.29 Å². The molecule has 0 radical (unpaired) electrons. The summed E-state index contributed by atoms with van der Waals surface area (Å²) in [5.74, 6) is 0.0877. The monoisotopic (exact) mass is 522 g/mol. The zero-order valence-electron chi connectivity index (χ0n) is 19.5. The topological polar surface area (TPSA) is 199 Å². The van der Waals surface area contributed by atoms with Crippen LogP contribution in [0.4, 0.5) is 0 Å². The molecular weight excluding hydrogens is 492 g/mol. The minimum atomic E-state index is -1.68. The van der Waals surface area contributed by atoms with Crippen molar-refractivity contribution in [1.29, 1.82) is 0 Å². The standard InChI is InChI=1S/C25H30O12/c26-14-5-3-12(4-6-14)1-2-13-7-15(27)9-16(8-13)36-25-23(33)21(31)20(30)18(37-25)11-35-24-22(32)19(29)17(28)10-34-24/h1-9,17-33H,10-11H2/b2-1+/t17-,18-,19-,20+,21+,22-,23-,24-,25-/m1/s1. The molecular formula is C25H30O12. The minimum Gasteiger partial charge on any atom is -0.508 e. The van der Waals surface area contributed by atoms with E-state index in [-0.39, 0.29) is 23.9 Å². The van der Waals surface area contributed by atoms with Gasteiger partial charge < -0.3 is 59.8 Å². The summed E-state index contributed by atoms with van der Waals surface area (Å²) in [6, 6.07) is 10.8. The third-order valence-corrected chi connectivity index (χ3v) is 6.07. The molecule has 0 unspecified atom stereocenters. The number of hydrogen-bond acceptors (Lipinski definition) is 12. The lowest BCUT2D eigenvalue weighted by molar-refractivity contribution is -0.307. The van der Waals surface area contributed by atoms with Crippen molar-refractivity contribution in [3.05, 3.63) is 53.6 Å². The van der Waals surface area contributed by atoms with E-state index in [2.05, 4.69) is 0 Å². The number of rotatable bonds is 7. The second-order valence-electron chi connectivity index (χ2n) is 8.90. The largest absolute Gasteiger partial charge is 0.508 e. The van der Waals surface area contributed by atoms with Crippen molar-refractivity contribution in [2.24, 2.45) is 0 Å². The van der Waals surface area contributed by atoms with Gasteiger partial charge in [0.05, 0.1) is 13.2 Å². The summed E-state index contributed by atoms with van der Waals surface area (Å²) in [4.78, 5) is 0. The molecule has 4 rings (SSSR count). The highest BCUT2D eigenvalue weighted by Gasteiger charge is 2.46. The van der Waals surface area contributed by atoms with E-state index in [9.17, 15) is 40.9 Å². The van der Waals surface area contributed by atoms with Gasteiger partial charge in [-0.1, -0.05) is 24.3 Å². The zero-order chi connectivity index (χ0) is 26.7. The molecule has 37 heavy (non-hydrogen) atoms. The van der Waals surface area contributed by atoms with Crippen LogP contribution in [-0.4, -0.2) is 109 Å². The average Bonchev–Trinajstić information content (AvgIpc) is 2.87. The third-order valence-electron chi connectivity index (χ3n) is 6.07. The Labute approximate surface area is 211 Å². The maximum absolute atomic E-state index is 10.4. The first-order chi connectivity index (χ1) is 17.6. The van der Waals surface area contributed by atoms with Gasteiger partial charge in [-0.05, 0) is 35.4 Å². The van der Waals surface area contributed by atoms with Crippen molar-refractivity contribution in [2.75, 3.05) is 13.2 Å². The van der Waals surface area contributed by atoms with E-state index >= 15 is 0 Å². The van der Waals surface area contributed by atoms with E-state index in [4.69, 9.17) is 18.9 Å². The Morgan fingerprint density at radius 2 is 1.41 bits per heavy atom. The first-order valence-electron chi connectivity index (χ1n) is 11.6. The molecule has 2 aliphatic rings. The molecule has 0 saturated carbocycles. The molecule has 0 aliphatic carbocycles. The molecule has 0 spiro atoms. The van der Waals surface area contributed by atoms with Crippen molar-refractivity contribution in [3.63, 3.8) is 0 Å². The fourth-order valence-electron chi connectivity index (χ4n) is 3.95. The molecule has 2 heterocycles. The van der Waals surface area contributed by atoms with Crippen LogP contribution in [0, 0.1) is 0 Å². The Kier molecular flexibility index (Phi) is 8.64. The van der Waals surface area contributed by atoms with Crippen molar-refractivity contribution < 1.29 is 59.8 Å². The minimum absolute atomic E-state index is 0.0980. The van der Waals surface area contributed by atoms with Gasteiger partial charge in [-0.25, -0.2) is 0 Å². The molecule has 2 fully saturated rings. The zero-order valence-corrected chi connectivity index (χ0v) is 19.5. The van der Waals surface area contributed by atoms with Gasteiger partial charge in [0, 0.05) is 6.07 Å². The number of benzene rings is 2. The first kappa shape index (κ1) is 27.3. The van der Waals surface area contributed by atoms with E-state index in [1.54, 1.807) is 30.4 Å². The Bertz CT molecular complexity index is 1060. The van der Waals surface area contributed by atoms with Gasteiger partial charge in [-0.3, -0.25) is 0 Å². The van der Waals surface area contributed by atoms with Crippen LogP contribution in [0.1, 0.15) is 11.1 Å². The summed E-state index contributed by atoms with van der Waals surface area (Å²) in [6.45, 7) is -0.707. The van der Waals surface area contributed by atoms with E-state index in [1.165, 1.54) is 24.3 Å². The molecule has 2 aliphatic heterocycles. The number of aromatic hydroxyl groups is 2. The Balaban J connectivity index is 1.42. The van der Waals surface area contributed by atoms with Crippen LogP contribution in [0.5, 0.6) is 17.2 Å². The maximum Gasteiger partial charge on any atom is 0.229 e. The van der Waals surface area contributed by atoms with Crippen molar-refractivity contribution in [1.82, 2.24) is 0 Å². The van der Waals surface area contributed by atoms with Crippen molar-refractivity contribution >= 4 is 12.2 Å². The van der Waals surface area contributed by atoms with Gasteiger partial charge in [0.25, 0.3) is 0 Å². The van der Waals surface area contributed by atoms with Gasteiger partial charge >= 0.3 is 0 Å². The second-order valence-corrected chi connectivity index (χ2v) is 8.90. The lowest BCUT2D eigenvalue weighted by Gasteiger charge is -2.41. The summed E-state index contributed by atoms with van der Waals surface area (Å²) < 4.78 is 21.8. The fourth-order valence-corrected chi connectivity index (χ4v) is 3.95. The molecule has 9 atom stereocenters. The third kappa shape index (κ3) is 6.57. The summed E-state index contributed by atoms with van der Waals surface area (Å²) >= 11 is 0. The van der Waals surface area contributed by atoms with Crippen molar-refractivity contribution in [2.45, 2.75) is 55.3 Å². The van der Waals surface area contributed by atoms with E-state index in [0.717, 1.165) is 5.56 Å². The fraction of sp³-hybridized carbons (Fsp3) is 0.440. The number of aliphatic hydroxyl groups excluding tert-OH is 6. The SMILES string of the molecule is Oc1ccc(/C=C/c2cc(O)cc(O[C@@H]3O[C@H](CO[C@H]4OC[C@@H](O)[C@@H](O)[C@H]4O)[C@H](O)[C@H](O)[C@H]3O)c2)cc1. The highest BCUT2D eigenvalue weighted by Crippen LogP contribution is 2.29. The van der Waals surface area contributed by atoms with Crippen LogP contribution in [0.3, 0.4) is 0 Å². The summed E-state index contributed by atoms with van der Waals surface area (Å²) in [5, 5.41) is 79.9. The molecule has 0 bridgehead atoms. The first-order valence-corrected chi connectivity index (χ1v) is 11.6. The van der Waals surface area contributed by atoms with Gasteiger partial charge in [-0.15, -0.1) is 0 Å². The normalized spacial score (nSPS) is 34.5. The molecule has 0 aromatic heterocycles. The lowest BCUT2D eigenvalue weighted by atomic mass is 9.99. The van der Waals surface area contributed by atoms with Crippen LogP contribution in [0.15, 0.2) is 42.5 Å². The quantitative estimate of drug-likeness (QED) is 0.205. The second kappa shape index (κ2) is 11.7. The highest BCUT2D eigenvalue weighted by atomic mass is 16.7. The smallest absolute Gasteiger partial charge is 0.229 e. The van der Waals surface area contributed by atoms with Crippen LogP contribution in [0.2, 0.25) is 0 Å². The summed E-state index contributed by atoms with van der Waals surface area (Å²) in [7, 11) is 0. The molecule has 2 aromatic carbocycles. The Morgan fingerprint density at radius 3 is 2.14 bits per heavy atom. The number of phenolic OH excluding ortho intramolecular Hbond substituents is 2. The lowest BCUT2D eigenvalue weighted by Crippen LogP contribution is -2.61. The molecule has 0 amide bonds. The van der Waals surface area contributed by atoms with Gasteiger partial charge in [0.15, 0.2) is 6.29 Å². The predicted molar refractivity (Wildman–Crippen MR) is 126 cm³/mol. The molecule has 202 valence electrons. The van der Waals surface area contributed by atoms with E-state index in [0.29, 0.717) is 5.56 Å². The van der Waals surface area contributed by atoms with Crippen LogP contribution >= 0.6 is 0 Å². The maximum atomic E-state index is 10.4.